The van der Waals surface area contributed by atoms with Crippen LogP contribution in [0.25, 0.3) is 0 Å². The first-order chi connectivity index (χ1) is 9.81. The summed E-state index contributed by atoms with van der Waals surface area (Å²) in [6, 6.07) is 11.6. The summed E-state index contributed by atoms with van der Waals surface area (Å²) in [5.41, 5.74) is 1.44. The average molecular weight is 326 g/mol. The Labute approximate surface area is 152 Å². The minimum absolute atomic E-state index is 0. The Balaban J connectivity index is 0.00000242. The Morgan fingerprint density at radius 2 is 1.55 bits per heavy atom. The van der Waals surface area contributed by atoms with E-state index in [9.17, 15) is 14.3 Å². The summed E-state index contributed by atoms with van der Waals surface area (Å²) in [7, 11) is -4.69. The van der Waals surface area contributed by atoms with E-state index in [2.05, 4.69) is 0 Å². The molecule has 1 unspecified atom stereocenters. The average Bonchev–Trinajstić information content (AvgIpc) is 2.38. The van der Waals surface area contributed by atoms with E-state index in [1.165, 1.54) is 12.1 Å². The zero-order valence-electron chi connectivity index (χ0n) is 13.1. The number of hydrogen-bond acceptors (Lipinski definition) is 4. The third-order valence-corrected chi connectivity index (χ3v) is 4.28. The fraction of sp³-hybridized carbons (Fsp3) is 0.188. The van der Waals surface area contributed by atoms with Gasteiger partial charge in [0.2, 0.25) is 5.52 Å². The van der Waals surface area contributed by atoms with Crippen LogP contribution in [0.4, 0.5) is 0 Å². The van der Waals surface area contributed by atoms with Gasteiger partial charge in [-0.05, 0) is 44.0 Å². The molecular weight excluding hydrogens is 310 g/mol. The molecule has 0 aliphatic rings. The van der Waals surface area contributed by atoms with Gasteiger partial charge < -0.3 is 9.42 Å². The van der Waals surface area contributed by atoms with E-state index >= 15 is 0 Å². The normalized spacial score (nSPS) is 12.9. The first-order valence-electron chi connectivity index (χ1n) is 6.49. The molecule has 0 aliphatic carbocycles. The van der Waals surface area contributed by atoms with Crippen LogP contribution in [0.1, 0.15) is 27.0 Å². The third-order valence-electron chi connectivity index (χ3n) is 3.11. The van der Waals surface area contributed by atoms with Gasteiger partial charge in [0.1, 0.15) is 5.75 Å². The molecule has 2 aromatic carbocycles. The topological polar surface area (TPSA) is 66.4 Å². The Hall–Kier alpha value is -0.900. The van der Waals surface area contributed by atoms with Crippen LogP contribution in [0.5, 0.6) is 5.75 Å². The van der Waals surface area contributed by atoms with Gasteiger partial charge in [0.05, 0.1) is 0 Å². The first-order valence-corrected chi connectivity index (χ1v) is 8.04. The quantitative estimate of drug-likeness (QED) is 0.602. The predicted molar refractivity (Wildman–Crippen MR) is 79.7 cm³/mol. The Morgan fingerprint density at radius 3 is 2.05 bits per heavy atom. The van der Waals surface area contributed by atoms with Gasteiger partial charge in [0, 0.05) is 5.56 Å². The summed E-state index contributed by atoms with van der Waals surface area (Å²) in [5.74, 6) is 0.131. The molecule has 0 aromatic heterocycles. The minimum Gasteiger partial charge on any atom is -0.763 e. The van der Waals surface area contributed by atoms with E-state index in [1.807, 2.05) is 6.92 Å². The Kier molecular flexibility index (Phi) is 6.60. The van der Waals surface area contributed by atoms with Gasteiger partial charge in [0.15, 0.2) is 0 Å². The number of carbonyl (C=O) groups is 1. The maximum Gasteiger partial charge on any atom is 1.00 e. The second kappa shape index (κ2) is 7.58. The van der Waals surface area contributed by atoms with Crippen molar-refractivity contribution < 1.29 is 48.3 Å². The van der Waals surface area contributed by atoms with Crippen LogP contribution in [0.15, 0.2) is 42.5 Å². The molecule has 0 aliphatic heterocycles. The van der Waals surface area contributed by atoms with Crippen LogP contribution >= 0.6 is 7.60 Å². The van der Waals surface area contributed by atoms with Crippen molar-refractivity contribution in [1.29, 1.82) is 0 Å². The van der Waals surface area contributed by atoms with Crippen molar-refractivity contribution in [2.75, 3.05) is 0 Å². The summed E-state index contributed by atoms with van der Waals surface area (Å²) >= 11 is 0. The fourth-order valence-corrected chi connectivity index (χ4v) is 3.42. The van der Waals surface area contributed by atoms with Crippen molar-refractivity contribution in [3.63, 3.8) is 0 Å². The molecule has 0 saturated heterocycles. The summed E-state index contributed by atoms with van der Waals surface area (Å²) in [4.78, 5) is 24.5. The predicted octanol–water partition coefficient (Wildman–Crippen LogP) is 0.388. The summed E-state index contributed by atoms with van der Waals surface area (Å²) in [6.45, 7) is 5.33. The molecule has 110 valence electrons. The van der Waals surface area contributed by atoms with Gasteiger partial charge >= 0.3 is 29.6 Å². The molecule has 6 heteroatoms. The molecule has 1 atom stereocenters. The standard InChI is InChI=1S/C16H17O4P.Na/c1-11-9-12(2)15(13(3)10-11)16(17)21(18,19)20-14-7-5-4-6-8-14;/h4-10H,1-3H3,(H,18,19);/q;+1/p-1. The molecule has 0 radical (unpaired) electrons. The van der Waals surface area contributed by atoms with Gasteiger partial charge in [-0.25, -0.2) is 0 Å². The van der Waals surface area contributed by atoms with Crippen molar-refractivity contribution >= 4 is 13.1 Å². The van der Waals surface area contributed by atoms with Crippen LogP contribution in [0.2, 0.25) is 0 Å². The van der Waals surface area contributed by atoms with Crippen LogP contribution in [0, 0.1) is 20.8 Å². The SMILES string of the molecule is Cc1cc(C)c(C(=O)P(=O)([O-])Oc2ccccc2)c(C)c1.[Na+]. The zero-order valence-corrected chi connectivity index (χ0v) is 16.0. The van der Waals surface area contributed by atoms with Crippen molar-refractivity contribution in [2.45, 2.75) is 20.8 Å². The van der Waals surface area contributed by atoms with Crippen LogP contribution < -0.4 is 39.0 Å². The molecule has 0 spiro atoms. The van der Waals surface area contributed by atoms with Gasteiger partial charge in [-0.2, -0.15) is 0 Å². The van der Waals surface area contributed by atoms with Crippen LogP contribution in [0.3, 0.4) is 0 Å². The molecule has 22 heavy (non-hydrogen) atoms. The summed E-state index contributed by atoms with van der Waals surface area (Å²) in [6.07, 6.45) is 0. The minimum atomic E-state index is -4.69. The van der Waals surface area contributed by atoms with Crippen LogP contribution in [-0.2, 0) is 4.57 Å². The van der Waals surface area contributed by atoms with Gasteiger partial charge in [-0.15, -0.1) is 0 Å². The van der Waals surface area contributed by atoms with Gasteiger partial charge in [-0.1, -0.05) is 35.9 Å². The molecule has 2 aromatic rings. The number of aryl methyl sites for hydroxylation is 3. The Morgan fingerprint density at radius 1 is 1.05 bits per heavy atom. The van der Waals surface area contributed by atoms with E-state index in [4.69, 9.17) is 4.52 Å². The number of hydrogen-bond donors (Lipinski definition) is 0. The third kappa shape index (κ3) is 4.31. The maximum atomic E-state index is 12.3. The second-order valence-corrected chi connectivity index (χ2v) is 6.56. The van der Waals surface area contributed by atoms with Crippen molar-refractivity contribution in [2.24, 2.45) is 0 Å². The molecule has 4 nitrogen and oxygen atoms in total. The monoisotopic (exact) mass is 326 g/mol. The summed E-state index contributed by atoms with van der Waals surface area (Å²) < 4.78 is 17.1. The molecule has 0 N–H and O–H groups in total. The molecule has 0 heterocycles. The van der Waals surface area contributed by atoms with Gasteiger partial charge in [-0.3, -0.25) is 9.36 Å². The van der Waals surface area contributed by atoms with Gasteiger partial charge in [0.25, 0.3) is 7.60 Å². The number of para-hydroxylation sites is 1. The Bertz CT molecular complexity index is 705. The molecule has 0 fully saturated rings. The second-order valence-electron chi connectivity index (χ2n) is 4.98. The maximum absolute atomic E-state index is 12.3. The van der Waals surface area contributed by atoms with Crippen molar-refractivity contribution in [1.82, 2.24) is 0 Å². The van der Waals surface area contributed by atoms with E-state index in [1.54, 1.807) is 44.2 Å². The number of carbonyl (C=O) groups excluding carboxylic acids is 1. The van der Waals surface area contributed by atoms with E-state index in [0.29, 0.717) is 11.1 Å². The molecule has 0 saturated carbocycles. The molecule has 0 bridgehead atoms. The summed E-state index contributed by atoms with van der Waals surface area (Å²) in [5, 5.41) is 0. The zero-order chi connectivity index (χ0) is 15.6. The largest absolute Gasteiger partial charge is 1.00 e. The van der Waals surface area contributed by atoms with E-state index < -0.39 is 13.1 Å². The van der Waals surface area contributed by atoms with E-state index in [0.717, 1.165) is 5.56 Å². The van der Waals surface area contributed by atoms with Crippen molar-refractivity contribution in [3.8, 4) is 5.75 Å². The van der Waals surface area contributed by atoms with E-state index in [-0.39, 0.29) is 40.9 Å². The van der Waals surface area contributed by atoms with Crippen LogP contribution in [-0.4, -0.2) is 5.52 Å². The number of benzene rings is 2. The first kappa shape index (κ1) is 19.1. The molecular formula is C16H16NaO4P. The fourth-order valence-electron chi connectivity index (χ4n) is 2.32. The molecule has 2 rings (SSSR count). The van der Waals surface area contributed by atoms with Crippen molar-refractivity contribution in [3.05, 3.63) is 64.7 Å². The molecule has 0 amide bonds. The number of rotatable bonds is 4. The smallest absolute Gasteiger partial charge is 0.763 e.